The van der Waals surface area contributed by atoms with Gasteiger partial charge in [0.15, 0.2) is 5.78 Å². The highest BCUT2D eigenvalue weighted by atomic mass is 16.5. The molecule has 3 heterocycles. The Morgan fingerprint density at radius 3 is 2.35 bits per heavy atom. The second-order valence-corrected chi connectivity index (χ2v) is 11.4. The van der Waals surface area contributed by atoms with Crippen molar-refractivity contribution in [2.24, 2.45) is 11.3 Å². The highest BCUT2D eigenvalue weighted by molar-refractivity contribution is 5.99. The van der Waals surface area contributed by atoms with E-state index in [1.165, 1.54) is 0 Å². The van der Waals surface area contributed by atoms with Crippen LogP contribution in [0.5, 0.6) is 0 Å². The third-order valence-electron chi connectivity index (χ3n) is 8.76. The molecule has 3 aliphatic heterocycles. The molecule has 3 saturated heterocycles. The number of likely N-dealkylation sites (N-methyl/N-ethyl adjacent to an activating group) is 1. The van der Waals surface area contributed by atoms with E-state index in [1.807, 2.05) is 45.0 Å². The molecule has 1 aromatic rings. The Bertz CT molecular complexity index is 971. The van der Waals surface area contributed by atoms with E-state index in [-0.39, 0.29) is 36.2 Å². The first-order valence-corrected chi connectivity index (χ1v) is 14.0. The van der Waals surface area contributed by atoms with E-state index in [1.54, 1.807) is 4.90 Å². The van der Waals surface area contributed by atoms with Crippen LogP contribution >= 0.6 is 0 Å². The van der Waals surface area contributed by atoms with E-state index in [4.69, 9.17) is 4.74 Å². The van der Waals surface area contributed by atoms with Crippen LogP contribution in [0.4, 0.5) is 5.69 Å². The van der Waals surface area contributed by atoms with Gasteiger partial charge in [0.1, 0.15) is 18.7 Å². The summed E-state index contributed by atoms with van der Waals surface area (Å²) < 4.78 is 5.81. The number of ketones is 1. The van der Waals surface area contributed by atoms with Crippen LogP contribution in [-0.2, 0) is 14.3 Å². The third-order valence-corrected chi connectivity index (χ3v) is 8.76. The van der Waals surface area contributed by atoms with Crippen molar-refractivity contribution < 1.29 is 19.1 Å². The standard InChI is InChI=1S/C29H44N4O4/c1-6-9-21-18-33(24-23(34)19-37-25(21)24)28(36)26(29(4,5)7-2)30-27(35)20-10-12-22(13-11-20)32-16-14-31(8-3)15-17-32/h10-13,21,24-26H,6-9,14-19H2,1-5H3,(H,30,35)/t21-,24+,25+,26?/m0/s1. The Morgan fingerprint density at radius 1 is 1.08 bits per heavy atom. The number of carbonyl (C=O) groups excluding carboxylic acids is 3. The van der Waals surface area contributed by atoms with Gasteiger partial charge >= 0.3 is 0 Å². The van der Waals surface area contributed by atoms with Crippen LogP contribution in [0.25, 0.3) is 0 Å². The lowest BCUT2D eigenvalue weighted by molar-refractivity contribution is -0.140. The van der Waals surface area contributed by atoms with Crippen LogP contribution < -0.4 is 10.2 Å². The number of carbonyl (C=O) groups is 3. The molecule has 8 nitrogen and oxygen atoms in total. The van der Waals surface area contributed by atoms with Crippen molar-refractivity contribution in [3.63, 3.8) is 0 Å². The smallest absolute Gasteiger partial charge is 0.251 e. The Morgan fingerprint density at radius 2 is 1.76 bits per heavy atom. The number of piperazine rings is 1. The molecule has 1 N–H and O–H groups in total. The molecule has 37 heavy (non-hydrogen) atoms. The summed E-state index contributed by atoms with van der Waals surface area (Å²) in [6, 6.07) is 6.40. The van der Waals surface area contributed by atoms with Crippen LogP contribution in [0.3, 0.4) is 0 Å². The Balaban J connectivity index is 1.48. The monoisotopic (exact) mass is 512 g/mol. The number of nitrogens with zero attached hydrogens (tertiary/aromatic N) is 3. The van der Waals surface area contributed by atoms with Gasteiger partial charge < -0.3 is 24.8 Å². The summed E-state index contributed by atoms with van der Waals surface area (Å²) in [6.45, 7) is 16.0. The van der Waals surface area contributed by atoms with E-state index in [9.17, 15) is 14.4 Å². The second kappa shape index (κ2) is 11.5. The summed E-state index contributed by atoms with van der Waals surface area (Å²) in [5.41, 5.74) is 1.16. The minimum absolute atomic E-state index is 0.0355. The molecule has 8 heteroatoms. The maximum Gasteiger partial charge on any atom is 0.251 e. The molecule has 2 amide bonds. The fourth-order valence-corrected chi connectivity index (χ4v) is 5.93. The number of amides is 2. The zero-order chi connectivity index (χ0) is 26.7. The Hall–Kier alpha value is -2.45. The van der Waals surface area contributed by atoms with Gasteiger partial charge in [-0.3, -0.25) is 14.4 Å². The molecule has 0 bridgehead atoms. The van der Waals surface area contributed by atoms with Crippen LogP contribution in [0.2, 0.25) is 0 Å². The van der Waals surface area contributed by atoms with E-state index in [2.05, 4.69) is 29.0 Å². The summed E-state index contributed by atoms with van der Waals surface area (Å²) >= 11 is 0. The van der Waals surface area contributed by atoms with E-state index >= 15 is 0 Å². The molecular formula is C29H44N4O4. The molecule has 4 rings (SSSR count). The number of ether oxygens (including phenoxy) is 1. The van der Waals surface area contributed by atoms with Gasteiger partial charge in [0.25, 0.3) is 5.91 Å². The molecular weight excluding hydrogens is 468 g/mol. The van der Waals surface area contributed by atoms with E-state index in [0.717, 1.165) is 51.3 Å². The van der Waals surface area contributed by atoms with Gasteiger partial charge in [-0.15, -0.1) is 0 Å². The third kappa shape index (κ3) is 5.70. The fraction of sp³-hybridized carbons (Fsp3) is 0.690. The van der Waals surface area contributed by atoms with Gasteiger partial charge in [-0.1, -0.05) is 41.0 Å². The summed E-state index contributed by atoms with van der Waals surface area (Å²) in [6.07, 6.45) is 2.35. The number of anilines is 1. The van der Waals surface area contributed by atoms with Crippen LogP contribution in [0.15, 0.2) is 24.3 Å². The van der Waals surface area contributed by atoms with Gasteiger partial charge in [-0.05, 0) is 49.1 Å². The minimum Gasteiger partial charge on any atom is -0.369 e. The van der Waals surface area contributed by atoms with Crippen molar-refractivity contribution in [2.45, 2.75) is 72.1 Å². The van der Waals surface area contributed by atoms with Crippen molar-refractivity contribution in [2.75, 3.05) is 50.8 Å². The number of benzene rings is 1. The normalized spacial score (nSPS) is 25.3. The highest BCUT2D eigenvalue weighted by Crippen LogP contribution is 2.36. The number of hydrogen-bond donors (Lipinski definition) is 1. The van der Waals surface area contributed by atoms with Crippen molar-refractivity contribution in [1.29, 1.82) is 0 Å². The average Bonchev–Trinajstić information content (AvgIpc) is 3.47. The molecule has 3 aliphatic rings. The molecule has 4 atom stereocenters. The predicted molar refractivity (Wildman–Crippen MR) is 145 cm³/mol. The largest absolute Gasteiger partial charge is 0.369 e. The van der Waals surface area contributed by atoms with Crippen molar-refractivity contribution >= 4 is 23.3 Å². The lowest BCUT2D eigenvalue weighted by Gasteiger charge is -2.37. The number of rotatable bonds is 9. The molecule has 1 unspecified atom stereocenters. The topological polar surface area (TPSA) is 82.2 Å². The summed E-state index contributed by atoms with van der Waals surface area (Å²) in [4.78, 5) is 46.5. The SMILES string of the molecule is CCC[C@H]1CN(C(=O)C(NC(=O)c2ccc(N3CCN(CC)CC3)cc2)C(C)(C)CC)[C@@H]2C(=O)CO[C@H]12. The second-order valence-electron chi connectivity index (χ2n) is 11.4. The summed E-state index contributed by atoms with van der Waals surface area (Å²) in [5.74, 6) is -0.333. The lowest BCUT2D eigenvalue weighted by atomic mass is 9.80. The van der Waals surface area contributed by atoms with Gasteiger partial charge in [0, 0.05) is 49.9 Å². The zero-order valence-electron chi connectivity index (χ0n) is 23.2. The maximum absolute atomic E-state index is 14.0. The maximum atomic E-state index is 14.0. The lowest BCUT2D eigenvalue weighted by Crippen LogP contribution is -2.57. The van der Waals surface area contributed by atoms with Crippen LogP contribution in [0.1, 0.15) is 64.2 Å². The molecule has 3 fully saturated rings. The summed E-state index contributed by atoms with van der Waals surface area (Å²) in [7, 11) is 0. The summed E-state index contributed by atoms with van der Waals surface area (Å²) in [5, 5.41) is 3.05. The van der Waals surface area contributed by atoms with Crippen molar-refractivity contribution in [1.82, 2.24) is 15.1 Å². The number of nitrogens with one attached hydrogen (secondary N) is 1. The molecule has 1 aromatic carbocycles. The van der Waals surface area contributed by atoms with Gasteiger partial charge in [0.05, 0.1) is 6.10 Å². The van der Waals surface area contributed by atoms with Gasteiger partial charge in [-0.2, -0.15) is 0 Å². The van der Waals surface area contributed by atoms with Crippen molar-refractivity contribution in [3.8, 4) is 0 Å². The number of Topliss-reactive ketones (excluding diaryl/α,β-unsaturated/α-hetero) is 1. The van der Waals surface area contributed by atoms with E-state index < -0.39 is 17.5 Å². The molecule has 0 radical (unpaired) electrons. The molecule has 0 spiro atoms. The van der Waals surface area contributed by atoms with Crippen molar-refractivity contribution in [3.05, 3.63) is 29.8 Å². The molecule has 0 saturated carbocycles. The number of hydrogen-bond acceptors (Lipinski definition) is 6. The quantitative estimate of drug-likeness (QED) is 0.548. The first-order chi connectivity index (χ1) is 17.7. The van der Waals surface area contributed by atoms with Gasteiger partial charge in [0.2, 0.25) is 5.91 Å². The molecule has 0 aliphatic carbocycles. The Kier molecular flexibility index (Phi) is 8.59. The van der Waals surface area contributed by atoms with Gasteiger partial charge in [-0.25, -0.2) is 0 Å². The predicted octanol–water partition coefficient (Wildman–Crippen LogP) is 2.96. The van der Waals surface area contributed by atoms with Crippen LogP contribution in [0, 0.1) is 11.3 Å². The highest BCUT2D eigenvalue weighted by Gasteiger charge is 2.53. The fourth-order valence-electron chi connectivity index (χ4n) is 5.93. The number of fused-ring (bicyclic) bond motifs is 1. The minimum atomic E-state index is -0.735. The number of likely N-dealkylation sites (tertiary alicyclic amines) is 1. The zero-order valence-corrected chi connectivity index (χ0v) is 23.2. The molecule has 0 aromatic heterocycles. The first-order valence-electron chi connectivity index (χ1n) is 14.0. The average molecular weight is 513 g/mol. The van der Waals surface area contributed by atoms with Crippen LogP contribution in [-0.4, -0.2) is 91.5 Å². The Labute approximate surface area is 221 Å². The molecule has 204 valence electrons. The van der Waals surface area contributed by atoms with E-state index in [0.29, 0.717) is 18.5 Å². The first kappa shape index (κ1) is 27.6.